The lowest BCUT2D eigenvalue weighted by atomic mass is 9.95. The van der Waals surface area contributed by atoms with Crippen LogP contribution < -0.4 is 16.0 Å². The highest BCUT2D eigenvalue weighted by Crippen LogP contribution is 2.30. The molecule has 0 aromatic heterocycles. The van der Waals surface area contributed by atoms with Gasteiger partial charge in [-0.3, -0.25) is 4.79 Å². The minimum absolute atomic E-state index is 0.211. The lowest BCUT2D eigenvalue weighted by molar-refractivity contribution is -0.129. The number of para-hydroxylation sites is 1. The summed E-state index contributed by atoms with van der Waals surface area (Å²) < 4.78 is -0.950. The van der Waals surface area contributed by atoms with Gasteiger partial charge in [0.15, 0.2) is 5.11 Å². The first-order chi connectivity index (χ1) is 10.4. The molecule has 1 amide bonds. The van der Waals surface area contributed by atoms with E-state index in [9.17, 15) is 4.79 Å². The number of carbonyl (C=O) groups is 1. The van der Waals surface area contributed by atoms with Gasteiger partial charge in [-0.1, -0.05) is 67.7 Å². The van der Waals surface area contributed by atoms with Crippen molar-refractivity contribution in [1.82, 2.24) is 10.6 Å². The van der Waals surface area contributed by atoms with Crippen molar-refractivity contribution < 1.29 is 4.79 Å². The van der Waals surface area contributed by atoms with Gasteiger partial charge in [-0.25, -0.2) is 0 Å². The summed E-state index contributed by atoms with van der Waals surface area (Å²) in [5.74, 6) is -0.273. The maximum Gasteiger partial charge on any atom is 0.228 e. The molecule has 128 valence electrons. The van der Waals surface area contributed by atoms with E-state index in [1.165, 1.54) is 0 Å². The number of hydrogen-bond donors (Lipinski definition) is 3. The van der Waals surface area contributed by atoms with Crippen LogP contribution in [-0.2, 0) is 4.79 Å². The normalized spacial score (nSPS) is 13.2. The summed E-state index contributed by atoms with van der Waals surface area (Å²) >= 11 is 26.4. The van der Waals surface area contributed by atoms with E-state index in [-0.39, 0.29) is 11.0 Å². The molecule has 0 bridgehead atoms. The molecule has 0 radical (unpaired) electrons. The van der Waals surface area contributed by atoms with Crippen molar-refractivity contribution in [3.8, 4) is 0 Å². The van der Waals surface area contributed by atoms with Crippen molar-refractivity contribution in [3.63, 3.8) is 0 Å². The number of amides is 1. The fraction of sp³-hybridized carbons (Fsp3) is 0.429. The Morgan fingerprint density at radius 3 is 2.22 bits per heavy atom. The topological polar surface area (TPSA) is 53.2 Å². The summed E-state index contributed by atoms with van der Waals surface area (Å²) in [6.07, 6.45) is -0.985. The molecular formula is C14H17BrCl3N3OS. The standard InChI is InChI=1S/C14H17BrCl3N3OS/c1-13(2,3)11(22)20-10(14(16,17)18)21-12(23)19-9-7-5-4-6-8(9)15/h4-7,10H,1-3H3,(H,20,22)(H2,19,21,23). The number of alkyl halides is 3. The Morgan fingerprint density at radius 2 is 1.74 bits per heavy atom. The van der Waals surface area contributed by atoms with Gasteiger partial charge < -0.3 is 16.0 Å². The van der Waals surface area contributed by atoms with Crippen molar-refractivity contribution in [1.29, 1.82) is 0 Å². The van der Waals surface area contributed by atoms with Gasteiger partial charge in [0.2, 0.25) is 9.70 Å². The predicted molar refractivity (Wildman–Crippen MR) is 105 cm³/mol. The Labute approximate surface area is 164 Å². The molecule has 4 nitrogen and oxygen atoms in total. The lowest BCUT2D eigenvalue weighted by Crippen LogP contribution is -2.58. The average Bonchev–Trinajstić information content (AvgIpc) is 2.38. The van der Waals surface area contributed by atoms with Crippen molar-refractivity contribution in [2.24, 2.45) is 5.41 Å². The maximum atomic E-state index is 12.1. The van der Waals surface area contributed by atoms with Gasteiger partial charge in [-0.15, -0.1) is 0 Å². The second-order valence-electron chi connectivity index (χ2n) is 5.78. The molecule has 1 aromatic rings. The third-order valence-corrected chi connectivity index (χ3v) is 4.25. The first-order valence-corrected chi connectivity index (χ1v) is 8.94. The van der Waals surface area contributed by atoms with Gasteiger partial charge >= 0.3 is 0 Å². The molecule has 3 N–H and O–H groups in total. The summed E-state index contributed by atoms with van der Waals surface area (Å²) in [6, 6.07) is 7.41. The molecule has 23 heavy (non-hydrogen) atoms. The Balaban J connectivity index is 2.80. The number of benzene rings is 1. The molecule has 9 heteroatoms. The van der Waals surface area contributed by atoms with E-state index in [0.717, 1.165) is 10.2 Å². The molecule has 0 fully saturated rings. The zero-order valence-electron chi connectivity index (χ0n) is 12.7. The second-order valence-corrected chi connectivity index (χ2v) is 9.41. The summed E-state index contributed by atoms with van der Waals surface area (Å²) in [4.78, 5) is 12.1. The predicted octanol–water partition coefficient (Wildman–Crippen LogP) is 4.59. The van der Waals surface area contributed by atoms with E-state index in [0.29, 0.717) is 0 Å². The Bertz CT molecular complexity index is 587. The van der Waals surface area contributed by atoms with Gasteiger partial charge in [0.1, 0.15) is 6.17 Å². The van der Waals surface area contributed by atoms with Crippen LogP contribution in [-0.4, -0.2) is 21.0 Å². The van der Waals surface area contributed by atoms with Gasteiger partial charge in [0.05, 0.1) is 5.69 Å². The smallest absolute Gasteiger partial charge is 0.228 e. The lowest BCUT2D eigenvalue weighted by Gasteiger charge is -2.30. The minimum Gasteiger partial charge on any atom is -0.339 e. The minimum atomic E-state index is -1.78. The third kappa shape index (κ3) is 7.01. The highest BCUT2D eigenvalue weighted by Gasteiger charge is 2.36. The largest absolute Gasteiger partial charge is 0.339 e. The van der Waals surface area contributed by atoms with E-state index in [1.54, 1.807) is 20.8 Å². The molecule has 1 rings (SSSR count). The van der Waals surface area contributed by atoms with Crippen LogP contribution in [0.4, 0.5) is 5.69 Å². The zero-order valence-corrected chi connectivity index (χ0v) is 17.4. The Hall–Kier alpha value is -0.270. The average molecular weight is 462 g/mol. The molecule has 0 aliphatic rings. The van der Waals surface area contributed by atoms with Crippen LogP contribution in [0.1, 0.15) is 20.8 Å². The molecule has 1 atom stereocenters. The molecule has 1 aromatic carbocycles. The second kappa shape index (κ2) is 8.21. The van der Waals surface area contributed by atoms with Crippen LogP contribution in [0.25, 0.3) is 0 Å². The molecule has 0 saturated heterocycles. The van der Waals surface area contributed by atoms with Crippen LogP contribution in [0.15, 0.2) is 28.7 Å². The monoisotopic (exact) mass is 459 g/mol. The van der Waals surface area contributed by atoms with Crippen LogP contribution in [0.5, 0.6) is 0 Å². The van der Waals surface area contributed by atoms with E-state index < -0.39 is 15.4 Å². The first kappa shape index (κ1) is 20.8. The summed E-state index contributed by atoms with van der Waals surface area (Å²) in [5.41, 5.74) is 0.114. The summed E-state index contributed by atoms with van der Waals surface area (Å²) in [6.45, 7) is 5.28. The van der Waals surface area contributed by atoms with E-state index in [4.69, 9.17) is 47.0 Å². The molecular weight excluding hydrogens is 445 g/mol. The van der Waals surface area contributed by atoms with Crippen molar-refractivity contribution in [3.05, 3.63) is 28.7 Å². The first-order valence-electron chi connectivity index (χ1n) is 6.61. The van der Waals surface area contributed by atoms with E-state index in [1.807, 2.05) is 24.3 Å². The number of carbonyl (C=O) groups excluding carboxylic acids is 1. The Morgan fingerprint density at radius 1 is 1.17 bits per heavy atom. The van der Waals surface area contributed by atoms with Gasteiger partial charge in [0.25, 0.3) is 0 Å². The number of anilines is 1. The number of halogens is 4. The van der Waals surface area contributed by atoms with Gasteiger partial charge in [0, 0.05) is 9.89 Å². The summed E-state index contributed by atoms with van der Waals surface area (Å²) in [5, 5.41) is 8.63. The number of thiocarbonyl (C=S) groups is 1. The SMILES string of the molecule is CC(C)(C)C(=O)NC(NC(=S)Nc1ccccc1Br)C(Cl)(Cl)Cl. The molecule has 0 aliphatic carbocycles. The van der Waals surface area contributed by atoms with Crippen LogP contribution >= 0.6 is 63.0 Å². The quantitative estimate of drug-likeness (QED) is 0.350. The van der Waals surface area contributed by atoms with Crippen molar-refractivity contribution in [2.45, 2.75) is 30.7 Å². The van der Waals surface area contributed by atoms with Gasteiger partial charge in [-0.2, -0.15) is 0 Å². The maximum absolute atomic E-state index is 12.1. The highest BCUT2D eigenvalue weighted by molar-refractivity contribution is 9.10. The van der Waals surface area contributed by atoms with E-state index in [2.05, 4.69) is 31.9 Å². The molecule has 1 unspecified atom stereocenters. The number of nitrogens with one attached hydrogen (secondary N) is 3. The van der Waals surface area contributed by atoms with Crippen LogP contribution in [0.3, 0.4) is 0 Å². The van der Waals surface area contributed by atoms with Crippen LogP contribution in [0, 0.1) is 5.41 Å². The Kier molecular flexibility index (Phi) is 7.41. The zero-order chi connectivity index (χ0) is 17.8. The van der Waals surface area contributed by atoms with Crippen LogP contribution in [0.2, 0.25) is 0 Å². The molecule has 0 spiro atoms. The van der Waals surface area contributed by atoms with Crippen molar-refractivity contribution >= 4 is 79.7 Å². The highest BCUT2D eigenvalue weighted by atomic mass is 79.9. The van der Waals surface area contributed by atoms with Crippen molar-refractivity contribution in [2.75, 3.05) is 5.32 Å². The fourth-order valence-electron chi connectivity index (χ4n) is 1.40. The fourth-order valence-corrected chi connectivity index (χ4v) is 2.34. The van der Waals surface area contributed by atoms with E-state index >= 15 is 0 Å². The summed E-state index contributed by atoms with van der Waals surface area (Å²) in [7, 11) is 0. The number of rotatable bonds is 3. The molecule has 0 heterocycles. The number of hydrogen-bond acceptors (Lipinski definition) is 2. The molecule has 0 saturated carbocycles. The third-order valence-electron chi connectivity index (χ3n) is 2.68. The molecule has 0 aliphatic heterocycles. The van der Waals surface area contributed by atoms with Gasteiger partial charge in [-0.05, 0) is 40.3 Å².